The molecule has 6 heteroatoms. The fourth-order valence-corrected chi connectivity index (χ4v) is 2.69. The van der Waals surface area contributed by atoms with Crippen LogP contribution >= 0.6 is 15.9 Å². The molecular formula is C15H22BrF3N2. The molecule has 1 unspecified atom stereocenters. The van der Waals surface area contributed by atoms with Gasteiger partial charge < -0.3 is 10.2 Å². The Morgan fingerprint density at radius 2 is 2.00 bits per heavy atom. The summed E-state index contributed by atoms with van der Waals surface area (Å²) in [6.07, 6.45) is -3.88. The van der Waals surface area contributed by atoms with Crippen molar-refractivity contribution in [2.24, 2.45) is 0 Å². The lowest BCUT2D eigenvalue weighted by Crippen LogP contribution is -2.24. The second kappa shape index (κ2) is 8.03. The number of anilines is 1. The number of benzene rings is 1. The zero-order valence-electron chi connectivity index (χ0n) is 12.6. The lowest BCUT2D eigenvalue weighted by atomic mass is 10.1. The molecule has 120 valence electrons. The van der Waals surface area contributed by atoms with E-state index in [-0.39, 0.29) is 12.6 Å². The molecule has 1 N–H and O–H groups in total. The van der Waals surface area contributed by atoms with Gasteiger partial charge in [0.05, 0.1) is 12.1 Å². The third-order valence-corrected chi connectivity index (χ3v) is 3.95. The summed E-state index contributed by atoms with van der Waals surface area (Å²) >= 11 is 3.45. The van der Waals surface area contributed by atoms with Crippen LogP contribution < -0.4 is 10.2 Å². The number of hydrogen-bond acceptors (Lipinski definition) is 2. The number of nitrogens with zero attached hydrogens (tertiary/aromatic N) is 1. The first-order chi connectivity index (χ1) is 9.74. The zero-order valence-corrected chi connectivity index (χ0v) is 14.2. The molecule has 1 rings (SSSR count). The van der Waals surface area contributed by atoms with E-state index in [9.17, 15) is 13.2 Å². The van der Waals surface area contributed by atoms with Crippen molar-refractivity contribution < 1.29 is 13.2 Å². The topological polar surface area (TPSA) is 15.3 Å². The second-order valence-electron chi connectivity index (χ2n) is 5.17. The Hall–Kier alpha value is -0.750. The summed E-state index contributed by atoms with van der Waals surface area (Å²) in [5, 5.41) is 3.39. The Balaban J connectivity index is 2.73. The van der Waals surface area contributed by atoms with E-state index in [0.717, 1.165) is 28.7 Å². The first-order valence-electron chi connectivity index (χ1n) is 7.05. The van der Waals surface area contributed by atoms with Crippen molar-refractivity contribution in [2.75, 3.05) is 25.0 Å². The van der Waals surface area contributed by atoms with Gasteiger partial charge in [-0.15, -0.1) is 0 Å². The summed E-state index contributed by atoms with van der Waals surface area (Å²) in [5.41, 5.74) is 1.88. The van der Waals surface area contributed by atoms with Crippen LogP contribution in [0.5, 0.6) is 0 Å². The smallest absolute Gasteiger partial charge is 0.373 e. The summed E-state index contributed by atoms with van der Waals surface area (Å²) in [6.45, 7) is 5.07. The molecule has 0 aromatic heterocycles. The van der Waals surface area contributed by atoms with Gasteiger partial charge in [-0.3, -0.25) is 0 Å². The summed E-state index contributed by atoms with van der Waals surface area (Å²) in [6, 6.07) is 6.00. The first kappa shape index (κ1) is 18.3. The van der Waals surface area contributed by atoms with Crippen molar-refractivity contribution in [1.29, 1.82) is 0 Å². The van der Waals surface area contributed by atoms with Crippen molar-refractivity contribution in [2.45, 2.75) is 38.9 Å². The molecule has 0 aliphatic carbocycles. The van der Waals surface area contributed by atoms with Crippen LogP contribution in [0, 0.1) is 0 Å². The predicted octanol–water partition coefficient (Wildman–Crippen LogP) is 4.90. The fraction of sp³-hybridized carbons (Fsp3) is 0.600. The van der Waals surface area contributed by atoms with Gasteiger partial charge >= 0.3 is 6.18 Å². The molecule has 0 saturated carbocycles. The average Bonchev–Trinajstić information content (AvgIpc) is 2.41. The maximum absolute atomic E-state index is 12.3. The van der Waals surface area contributed by atoms with Gasteiger partial charge in [-0.2, -0.15) is 13.2 Å². The van der Waals surface area contributed by atoms with E-state index in [1.165, 1.54) is 0 Å². The van der Waals surface area contributed by atoms with Crippen LogP contribution in [-0.4, -0.2) is 26.3 Å². The van der Waals surface area contributed by atoms with Crippen LogP contribution in [0.15, 0.2) is 22.7 Å². The molecule has 1 aromatic carbocycles. The van der Waals surface area contributed by atoms with Crippen LogP contribution in [0.25, 0.3) is 0 Å². The van der Waals surface area contributed by atoms with Crippen molar-refractivity contribution in [3.63, 3.8) is 0 Å². The minimum Gasteiger partial charge on any atom is -0.373 e. The monoisotopic (exact) mass is 366 g/mol. The van der Waals surface area contributed by atoms with Gasteiger partial charge in [0.2, 0.25) is 0 Å². The predicted molar refractivity (Wildman–Crippen MR) is 84.8 cm³/mol. The standard InChI is InChI=1S/C15H22BrF3N2/c1-4-8-20-11(2)12-5-6-14(13(16)10-12)21(3)9-7-15(17,18)19/h5-6,10-11,20H,4,7-9H2,1-3H3. The zero-order chi connectivity index (χ0) is 16.0. The number of hydrogen-bond donors (Lipinski definition) is 1. The van der Waals surface area contributed by atoms with Crippen LogP contribution in [0.4, 0.5) is 18.9 Å². The molecule has 0 bridgehead atoms. The molecule has 0 spiro atoms. The van der Waals surface area contributed by atoms with Crippen LogP contribution in [0.2, 0.25) is 0 Å². The number of nitrogens with one attached hydrogen (secondary N) is 1. The molecule has 1 aromatic rings. The maximum Gasteiger partial charge on any atom is 0.390 e. The van der Waals surface area contributed by atoms with E-state index in [1.54, 1.807) is 11.9 Å². The lowest BCUT2D eigenvalue weighted by molar-refractivity contribution is -0.132. The number of alkyl halides is 3. The quantitative estimate of drug-likeness (QED) is 0.738. The van der Waals surface area contributed by atoms with E-state index in [4.69, 9.17) is 0 Å². The van der Waals surface area contributed by atoms with Gasteiger partial charge in [0, 0.05) is 24.1 Å². The molecule has 0 radical (unpaired) electrons. The van der Waals surface area contributed by atoms with E-state index in [1.807, 2.05) is 18.2 Å². The maximum atomic E-state index is 12.3. The van der Waals surface area contributed by atoms with Crippen LogP contribution in [-0.2, 0) is 0 Å². The van der Waals surface area contributed by atoms with Gasteiger partial charge in [0.1, 0.15) is 0 Å². The minimum atomic E-state index is -4.13. The van der Waals surface area contributed by atoms with E-state index >= 15 is 0 Å². The van der Waals surface area contributed by atoms with Crippen molar-refractivity contribution in [1.82, 2.24) is 5.32 Å². The molecule has 0 fully saturated rings. The molecular weight excluding hydrogens is 345 g/mol. The molecule has 0 aliphatic rings. The molecule has 0 heterocycles. The minimum absolute atomic E-state index is 0.0505. The van der Waals surface area contributed by atoms with Crippen molar-refractivity contribution in [3.05, 3.63) is 28.2 Å². The Bertz CT molecular complexity index is 449. The highest BCUT2D eigenvalue weighted by atomic mass is 79.9. The Morgan fingerprint density at radius 1 is 1.33 bits per heavy atom. The summed E-state index contributed by atoms with van der Waals surface area (Å²) in [5.74, 6) is 0. The molecule has 0 amide bonds. The van der Waals surface area contributed by atoms with Gasteiger partial charge in [-0.1, -0.05) is 13.0 Å². The summed E-state index contributed by atoms with van der Waals surface area (Å²) in [4.78, 5) is 1.62. The average molecular weight is 367 g/mol. The molecule has 2 nitrogen and oxygen atoms in total. The van der Waals surface area contributed by atoms with E-state index in [0.29, 0.717) is 0 Å². The number of rotatable bonds is 7. The highest BCUT2D eigenvalue weighted by Gasteiger charge is 2.27. The summed E-state index contributed by atoms with van der Waals surface area (Å²) < 4.78 is 37.6. The molecule has 21 heavy (non-hydrogen) atoms. The first-order valence-corrected chi connectivity index (χ1v) is 7.84. The number of halogens is 4. The molecule has 1 atom stereocenters. The Labute approximate surface area is 132 Å². The third kappa shape index (κ3) is 6.26. The van der Waals surface area contributed by atoms with Crippen molar-refractivity contribution in [3.8, 4) is 0 Å². The largest absolute Gasteiger partial charge is 0.390 e. The van der Waals surface area contributed by atoms with Gasteiger partial charge in [0.15, 0.2) is 0 Å². The van der Waals surface area contributed by atoms with Gasteiger partial charge in [0.25, 0.3) is 0 Å². The van der Waals surface area contributed by atoms with E-state index < -0.39 is 12.6 Å². The third-order valence-electron chi connectivity index (χ3n) is 3.31. The van der Waals surface area contributed by atoms with Crippen molar-refractivity contribution >= 4 is 21.6 Å². The highest BCUT2D eigenvalue weighted by Crippen LogP contribution is 2.30. The second-order valence-corrected chi connectivity index (χ2v) is 6.03. The van der Waals surface area contributed by atoms with Gasteiger partial charge in [-0.05, 0) is 53.5 Å². The van der Waals surface area contributed by atoms with Crippen LogP contribution in [0.1, 0.15) is 38.3 Å². The summed E-state index contributed by atoms with van der Waals surface area (Å²) in [7, 11) is 1.67. The fourth-order valence-electron chi connectivity index (χ4n) is 2.00. The lowest BCUT2D eigenvalue weighted by Gasteiger charge is -2.23. The Kier molecular flexibility index (Phi) is 7.00. The SMILES string of the molecule is CCCNC(C)c1ccc(N(C)CCC(F)(F)F)c(Br)c1. The normalized spacial score (nSPS) is 13.3. The molecule has 0 aliphatic heterocycles. The highest BCUT2D eigenvalue weighted by molar-refractivity contribution is 9.10. The Morgan fingerprint density at radius 3 is 2.52 bits per heavy atom. The van der Waals surface area contributed by atoms with Crippen LogP contribution in [0.3, 0.4) is 0 Å². The van der Waals surface area contributed by atoms with Gasteiger partial charge in [-0.25, -0.2) is 0 Å². The molecule has 0 saturated heterocycles. The van der Waals surface area contributed by atoms with E-state index in [2.05, 4.69) is 35.1 Å².